The van der Waals surface area contributed by atoms with Crippen molar-refractivity contribution in [1.29, 1.82) is 0 Å². The van der Waals surface area contributed by atoms with Crippen LogP contribution in [0.3, 0.4) is 0 Å². The summed E-state index contributed by atoms with van der Waals surface area (Å²) in [4.78, 5) is 37.2. The zero-order chi connectivity index (χ0) is 12.6. The van der Waals surface area contributed by atoms with Crippen molar-refractivity contribution in [2.45, 2.75) is 54.1 Å². The Morgan fingerprint density at radius 3 is 1.75 bits per heavy atom. The summed E-state index contributed by atoms with van der Waals surface area (Å²) in [5, 5.41) is 0. The second-order valence-corrected chi connectivity index (χ2v) is 35.4. The van der Waals surface area contributed by atoms with Gasteiger partial charge in [0.25, 0.3) is 0 Å². The molecule has 11 rings (SSSR count). The van der Waals surface area contributed by atoms with Gasteiger partial charge in [-0.05, 0) is 0 Å². The summed E-state index contributed by atoms with van der Waals surface area (Å²) in [6, 6.07) is 0. The molecule has 0 aliphatic carbocycles. The summed E-state index contributed by atoms with van der Waals surface area (Å²) in [6.45, 7) is -2.20. The first-order valence-electron chi connectivity index (χ1n) is 8.19. The summed E-state index contributed by atoms with van der Waals surface area (Å²) in [7, 11) is 0. The molecular weight excluding hydrogens is 294 g/mol. The number of hydrogen-bond donors (Lipinski definition) is 0. The SMILES string of the molecule is O=C1C=CC(=O)N1CC[C]12[CH]3[CH]4[CH]5[CH]1[Fe]45321678[CH]2[CH]1[CH]6[CH]7[CH]28. The fourth-order valence-electron chi connectivity index (χ4n) is 18.3. The third-order valence-corrected chi connectivity index (χ3v) is 59.6. The number of carbonyl (C=O) groups is 2. The van der Waals surface area contributed by atoms with Gasteiger partial charge in [-0.2, -0.15) is 0 Å². The van der Waals surface area contributed by atoms with E-state index in [1.165, 1.54) is 66.8 Å². The van der Waals surface area contributed by atoms with Crippen LogP contribution in [0, 0.1) is 0 Å². The van der Waals surface area contributed by atoms with Crippen molar-refractivity contribution in [3.63, 3.8) is 0 Å². The molecule has 11 heterocycles. The minimum absolute atomic E-state index is 0.0540. The van der Waals surface area contributed by atoms with E-state index >= 15 is 0 Å². The Hall–Kier alpha value is -0.601. The van der Waals surface area contributed by atoms with E-state index in [1.807, 2.05) is 0 Å². The molecule has 11 aliphatic rings. The van der Waals surface area contributed by atoms with Crippen LogP contribution in [-0.2, 0) is 16.1 Å². The van der Waals surface area contributed by atoms with E-state index < -0.39 is 6.51 Å². The van der Waals surface area contributed by atoms with Crippen LogP contribution in [0.15, 0.2) is 12.2 Å². The summed E-state index contributed by atoms with van der Waals surface area (Å²) in [5.41, 5.74) is 0. The average Bonchev–Trinajstić information content (AvgIpc) is 3.35. The van der Waals surface area contributed by atoms with Crippen LogP contribution in [0.4, 0.5) is 0 Å². The molecule has 0 aromatic heterocycles. The van der Waals surface area contributed by atoms with Crippen molar-refractivity contribution < 1.29 is 16.1 Å². The van der Waals surface area contributed by atoms with Crippen LogP contribution in [0.25, 0.3) is 0 Å². The molecule has 4 heteroatoms. The zero-order valence-corrected chi connectivity index (χ0v) is 12.0. The number of hydrogen-bond acceptors (Lipinski definition) is 2. The molecule has 4 unspecified atom stereocenters. The molecule has 0 radical (unpaired) electrons. The minimum atomic E-state index is -2.96. The topological polar surface area (TPSA) is 37.4 Å². The van der Waals surface area contributed by atoms with Gasteiger partial charge in [-0.3, -0.25) is 0 Å². The summed E-state index contributed by atoms with van der Waals surface area (Å²) < 4.78 is 0.849. The van der Waals surface area contributed by atoms with Gasteiger partial charge in [0.05, 0.1) is 0 Å². The first-order valence-corrected chi connectivity index (χ1v) is 14.5. The summed E-state index contributed by atoms with van der Waals surface area (Å²) >= 11 is 0. The normalized spacial score (nSPS) is 107. The number of fused-ring (bicyclic) bond motifs is 10. The quantitative estimate of drug-likeness (QED) is 0.593. The van der Waals surface area contributed by atoms with Gasteiger partial charge in [-0.25, -0.2) is 0 Å². The molecule has 0 aromatic carbocycles. The molecule has 3 nitrogen and oxygen atoms in total. The van der Waals surface area contributed by atoms with Crippen molar-refractivity contribution >= 4 is 11.8 Å². The molecule has 104 valence electrons. The van der Waals surface area contributed by atoms with Gasteiger partial charge >= 0.3 is 106 Å². The van der Waals surface area contributed by atoms with E-state index in [2.05, 4.69) is 0 Å². The first kappa shape index (κ1) is 7.60. The third kappa shape index (κ3) is 0.0874. The Kier molecular flexibility index (Phi) is 0.259. The summed E-state index contributed by atoms with van der Waals surface area (Å²) in [6.07, 6.45) is 4.17. The number of amides is 2. The predicted molar refractivity (Wildman–Crippen MR) is 66.9 cm³/mol. The van der Waals surface area contributed by atoms with Gasteiger partial charge in [0.2, 0.25) is 0 Å². The number of rotatable bonds is 3. The van der Waals surface area contributed by atoms with Crippen LogP contribution >= 0.6 is 0 Å². The molecule has 1 spiro atoms. The van der Waals surface area contributed by atoms with E-state index in [0.29, 0.717) is 0 Å². The van der Waals surface area contributed by atoms with Crippen LogP contribution in [0.5, 0.6) is 0 Å². The number of carbonyl (C=O) groups excluding carboxylic acids is 2. The predicted octanol–water partition coefficient (Wildman–Crippen LogP) is 3.06. The molecule has 11 aliphatic heterocycles. The van der Waals surface area contributed by atoms with Gasteiger partial charge in [0, 0.05) is 0 Å². The monoisotopic (exact) mass is 309 g/mol. The van der Waals surface area contributed by atoms with Gasteiger partial charge in [0.15, 0.2) is 0 Å². The Balaban J connectivity index is 1.19. The second-order valence-electron chi connectivity index (χ2n) is 11.7. The fraction of sp³-hybridized carbons (Fsp3) is 0.750. The van der Waals surface area contributed by atoms with E-state index in [0.717, 1.165) is 10.9 Å². The number of imide groups is 1. The fourth-order valence-corrected chi connectivity index (χ4v) is 93.6. The average molecular weight is 309 g/mol. The van der Waals surface area contributed by atoms with Crippen LogP contribution in [-0.4, -0.2) is 23.3 Å². The van der Waals surface area contributed by atoms with Crippen LogP contribution < -0.4 is 0 Å². The summed E-state index contributed by atoms with van der Waals surface area (Å²) in [5.74, 6) is -0.108. The molecule has 0 bridgehead atoms. The first-order chi connectivity index (χ1) is 9.44. The van der Waals surface area contributed by atoms with Crippen LogP contribution in [0.1, 0.15) is 6.42 Å². The van der Waals surface area contributed by atoms with E-state index in [4.69, 9.17) is 0 Å². The van der Waals surface area contributed by atoms with Gasteiger partial charge in [-0.15, -0.1) is 0 Å². The van der Waals surface area contributed by atoms with Crippen molar-refractivity contribution in [2.24, 2.45) is 0 Å². The van der Waals surface area contributed by atoms with E-state index in [1.54, 1.807) is 0 Å². The standard InChI is InChI=1S/C11H10NO2.C5H5.Fe/c13-10-5-6-11(14)12(10)8-7-9-3-1-2-4-9;1-2-4-5-3-1;/h1-6H,7-8H2;1-5H;. The molecule has 0 aromatic rings. The molecule has 0 N–H and O–H groups in total. The Morgan fingerprint density at radius 1 is 0.900 bits per heavy atom. The van der Waals surface area contributed by atoms with Gasteiger partial charge < -0.3 is 0 Å². The Morgan fingerprint density at radius 2 is 1.40 bits per heavy atom. The molecule has 2 amide bonds. The van der Waals surface area contributed by atoms with Crippen molar-refractivity contribution in [1.82, 2.24) is 4.90 Å². The molecule has 10 saturated heterocycles. The molecule has 20 heavy (non-hydrogen) atoms. The molecule has 0 saturated carbocycles. The second kappa shape index (κ2) is 0.682. The van der Waals surface area contributed by atoms with Crippen molar-refractivity contribution in [2.75, 3.05) is 6.54 Å². The Bertz CT molecular complexity index is 1080. The van der Waals surface area contributed by atoms with Gasteiger partial charge in [0.1, 0.15) is 0 Å². The maximum atomic E-state index is 11.8. The van der Waals surface area contributed by atoms with E-state index in [-0.39, 0.29) is 11.8 Å². The third-order valence-electron chi connectivity index (χ3n) is 16.6. The molecule has 4 atom stereocenters. The number of nitrogens with zero attached hydrogens (tertiary/aromatic N) is 1. The molecule has 10 fully saturated rings. The van der Waals surface area contributed by atoms with E-state index in [9.17, 15) is 9.59 Å². The Labute approximate surface area is 106 Å². The van der Waals surface area contributed by atoms with Crippen molar-refractivity contribution in [3.8, 4) is 0 Å². The van der Waals surface area contributed by atoms with Crippen LogP contribution in [0.2, 0.25) is 47.7 Å². The zero-order valence-electron chi connectivity index (χ0n) is 10.9. The van der Waals surface area contributed by atoms with Gasteiger partial charge in [-0.1, -0.05) is 0 Å². The maximum absolute atomic E-state index is 11.8. The molecular formula is C16H15FeNO2. The van der Waals surface area contributed by atoms with Crippen molar-refractivity contribution in [3.05, 3.63) is 12.2 Å².